The van der Waals surface area contributed by atoms with Gasteiger partial charge in [0.2, 0.25) is 0 Å². The summed E-state index contributed by atoms with van der Waals surface area (Å²) in [6.45, 7) is 8.19. The van der Waals surface area contributed by atoms with Crippen molar-refractivity contribution in [3.8, 4) is 0 Å². The Bertz CT molecular complexity index is 382. The molecule has 1 rings (SSSR count). The van der Waals surface area contributed by atoms with Crippen LogP contribution in [0.2, 0.25) is 0 Å². The van der Waals surface area contributed by atoms with Gasteiger partial charge in [-0.2, -0.15) is 0 Å². The fraction of sp³-hybridized carbons (Fsp3) is 0.588. The lowest BCUT2D eigenvalue weighted by atomic mass is 9.89. The summed E-state index contributed by atoms with van der Waals surface area (Å²) >= 11 is 0. The Morgan fingerprint density at radius 3 is 2.39 bits per heavy atom. The number of hydrogen-bond donors (Lipinski definition) is 0. The van der Waals surface area contributed by atoms with E-state index in [-0.39, 0.29) is 5.92 Å². The third-order valence-corrected chi connectivity index (χ3v) is 3.81. The molecule has 0 aromatic carbocycles. The van der Waals surface area contributed by atoms with Crippen LogP contribution in [0.3, 0.4) is 0 Å². The smallest absolute Gasteiger partial charge is 0.136 e. The average molecular weight is 246 g/mol. The maximum absolute atomic E-state index is 11.7. The molecule has 100 valence electrons. The zero-order valence-electron chi connectivity index (χ0n) is 12.3. The van der Waals surface area contributed by atoms with E-state index >= 15 is 0 Å². The van der Waals surface area contributed by atoms with Gasteiger partial charge < -0.3 is 0 Å². The molecule has 0 radical (unpaired) electrons. The molecule has 0 bridgehead atoms. The lowest BCUT2D eigenvalue weighted by Gasteiger charge is -2.15. The maximum atomic E-state index is 11.7. The van der Waals surface area contributed by atoms with Crippen LogP contribution in [0.1, 0.15) is 59.8 Å². The maximum Gasteiger partial charge on any atom is 0.136 e. The Kier molecular flexibility index (Phi) is 6.11. The molecule has 1 nitrogen and oxygen atoms in total. The van der Waals surface area contributed by atoms with Crippen molar-refractivity contribution in [3.63, 3.8) is 0 Å². The molecule has 1 heteroatoms. The number of allylic oxidation sites excluding steroid dienone is 6. The summed E-state index contributed by atoms with van der Waals surface area (Å²) in [6, 6.07) is 0. The Labute approximate surface area is 112 Å². The monoisotopic (exact) mass is 246 g/mol. The van der Waals surface area contributed by atoms with Crippen molar-refractivity contribution in [1.82, 2.24) is 0 Å². The van der Waals surface area contributed by atoms with Gasteiger partial charge in [-0.15, -0.1) is 0 Å². The molecule has 0 saturated heterocycles. The largest absolute Gasteiger partial charge is 0.299 e. The quantitative estimate of drug-likeness (QED) is 0.595. The van der Waals surface area contributed by atoms with Crippen LogP contribution in [-0.4, -0.2) is 5.78 Å². The highest BCUT2D eigenvalue weighted by Gasteiger charge is 2.15. The summed E-state index contributed by atoms with van der Waals surface area (Å²) in [7, 11) is 0. The van der Waals surface area contributed by atoms with E-state index < -0.39 is 0 Å². The predicted molar refractivity (Wildman–Crippen MR) is 78.5 cm³/mol. The number of Topliss-reactive ketones (excluding diaryl/α,β-unsaturated/α-hetero) is 1. The van der Waals surface area contributed by atoms with Crippen LogP contribution in [0.4, 0.5) is 0 Å². The fourth-order valence-corrected chi connectivity index (χ4v) is 2.46. The van der Waals surface area contributed by atoms with Crippen molar-refractivity contribution in [1.29, 1.82) is 0 Å². The predicted octanol–water partition coefficient (Wildman–Crippen LogP) is 4.99. The SMILES string of the molecule is CC(=O)[C@H]1CC/C(C)=C\CC/C(C)=C\CC=C1C. The minimum atomic E-state index is 0.112. The van der Waals surface area contributed by atoms with E-state index in [0.717, 1.165) is 32.1 Å². The summed E-state index contributed by atoms with van der Waals surface area (Å²) in [5, 5.41) is 0. The van der Waals surface area contributed by atoms with Gasteiger partial charge >= 0.3 is 0 Å². The Morgan fingerprint density at radius 2 is 1.72 bits per heavy atom. The molecule has 0 heterocycles. The molecule has 0 aliphatic heterocycles. The second-order valence-corrected chi connectivity index (χ2v) is 5.53. The van der Waals surface area contributed by atoms with Crippen molar-refractivity contribution in [3.05, 3.63) is 34.9 Å². The lowest BCUT2D eigenvalue weighted by Crippen LogP contribution is -2.12. The zero-order chi connectivity index (χ0) is 13.5. The van der Waals surface area contributed by atoms with Crippen molar-refractivity contribution < 1.29 is 4.79 Å². The molecule has 1 aliphatic rings. The fourth-order valence-electron chi connectivity index (χ4n) is 2.46. The van der Waals surface area contributed by atoms with E-state index in [1.807, 2.05) is 0 Å². The number of hydrogen-bond acceptors (Lipinski definition) is 1. The van der Waals surface area contributed by atoms with E-state index in [4.69, 9.17) is 0 Å². The summed E-state index contributed by atoms with van der Waals surface area (Å²) in [4.78, 5) is 11.7. The van der Waals surface area contributed by atoms with Crippen molar-refractivity contribution in [2.75, 3.05) is 0 Å². The number of carbonyl (C=O) groups is 1. The van der Waals surface area contributed by atoms with Crippen molar-refractivity contribution >= 4 is 5.78 Å². The first-order chi connectivity index (χ1) is 8.50. The van der Waals surface area contributed by atoms with Gasteiger partial charge in [0.1, 0.15) is 5.78 Å². The molecule has 0 aromatic rings. The van der Waals surface area contributed by atoms with Crippen LogP contribution in [0.25, 0.3) is 0 Å². The first-order valence-electron chi connectivity index (χ1n) is 6.99. The molecule has 0 spiro atoms. The molecular formula is C17H26O. The highest BCUT2D eigenvalue weighted by Crippen LogP contribution is 2.23. The molecular weight excluding hydrogens is 220 g/mol. The van der Waals surface area contributed by atoms with Crippen LogP contribution in [0, 0.1) is 5.92 Å². The van der Waals surface area contributed by atoms with Crippen LogP contribution in [0.5, 0.6) is 0 Å². The van der Waals surface area contributed by atoms with Crippen molar-refractivity contribution in [2.45, 2.75) is 59.8 Å². The molecule has 0 fully saturated rings. The van der Waals surface area contributed by atoms with Crippen molar-refractivity contribution in [2.24, 2.45) is 5.92 Å². The number of ketones is 1. The topological polar surface area (TPSA) is 17.1 Å². The lowest BCUT2D eigenvalue weighted by molar-refractivity contribution is -0.119. The van der Waals surface area contributed by atoms with Gasteiger partial charge in [-0.25, -0.2) is 0 Å². The Hall–Kier alpha value is -1.11. The van der Waals surface area contributed by atoms with E-state index in [1.54, 1.807) is 6.92 Å². The molecule has 0 saturated carbocycles. The van der Waals surface area contributed by atoms with Gasteiger partial charge in [-0.3, -0.25) is 4.79 Å². The van der Waals surface area contributed by atoms with E-state index in [2.05, 4.69) is 39.0 Å². The van der Waals surface area contributed by atoms with Crippen LogP contribution in [0.15, 0.2) is 34.9 Å². The van der Waals surface area contributed by atoms with E-state index in [0.29, 0.717) is 5.78 Å². The van der Waals surface area contributed by atoms with Gasteiger partial charge in [-0.05, 0) is 59.8 Å². The first-order valence-corrected chi connectivity index (χ1v) is 6.99. The Morgan fingerprint density at radius 1 is 1.06 bits per heavy atom. The van der Waals surface area contributed by atoms with Gasteiger partial charge in [0, 0.05) is 5.92 Å². The van der Waals surface area contributed by atoms with Gasteiger partial charge in [0.15, 0.2) is 0 Å². The molecule has 18 heavy (non-hydrogen) atoms. The normalized spacial score (nSPS) is 28.9. The van der Waals surface area contributed by atoms with Gasteiger partial charge in [0.05, 0.1) is 0 Å². The Balaban J connectivity index is 2.89. The molecule has 1 aliphatic carbocycles. The second kappa shape index (κ2) is 7.35. The van der Waals surface area contributed by atoms with Crippen LogP contribution < -0.4 is 0 Å². The zero-order valence-corrected chi connectivity index (χ0v) is 12.3. The van der Waals surface area contributed by atoms with Gasteiger partial charge in [0.25, 0.3) is 0 Å². The number of rotatable bonds is 1. The average Bonchev–Trinajstić information content (AvgIpc) is 2.27. The number of carbonyl (C=O) groups excluding carboxylic acids is 1. The highest BCUT2D eigenvalue weighted by atomic mass is 16.1. The molecule has 0 amide bonds. The minimum absolute atomic E-state index is 0.112. The highest BCUT2D eigenvalue weighted by molar-refractivity contribution is 5.81. The van der Waals surface area contributed by atoms with Gasteiger partial charge in [-0.1, -0.05) is 34.9 Å². The third-order valence-electron chi connectivity index (χ3n) is 3.81. The third kappa shape index (κ3) is 5.03. The molecule has 1 atom stereocenters. The molecule has 0 N–H and O–H groups in total. The minimum Gasteiger partial charge on any atom is -0.299 e. The van der Waals surface area contributed by atoms with Crippen LogP contribution in [-0.2, 0) is 4.79 Å². The second-order valence-electron chi connectivity index (χ2n) is 5.53. The first kappa shape index (κ1) is 14.9. The van der Waals surface area contributed by atoms with E-state index in [1.165, 1.54) is 16.7 Å². The summed E-state index contributed by atoms with van der Waals surface area (Å²) < 4.78 is 0. The molecule has 0 aromatic heterocycles. The van der Waals surface area contributed by atoms with Crippen LogP contribution >= 0.6 is 0 Å². The standard InChI is InChI=1S/C17H26O/c1-13-7-5-8-14(2)11-12-17(16(4)18)15(3)10-6-9-13/h8-10,17H,5-7,11-12H2,1-4H3/b13-9-,14-8-,15-10?/t17-/m0/s1. The van der Waals surface area contributed by atoms with E-state index in [9.17, 15) is 4.79 Å². The summed E-state index contributed by atoms with van der Waals surface area (Å²) in [5.74, 6) is 0.413. The molecule has 0 unspecified atom stereocenters. The summed E-state index contributed by atoms with van der Waals surface area (Å²) in [6.07, 6.45) is 12.1. The summed E-state index contributed by atoms with van der Waals surface area (Å²) in [5.41, 5.74) is 4.10.